The molecular formula is C16H28N4O. The van der Waals surface area contributed by atoms with Crippen molar-refractivity contribution >= 4 is 0 Å². The van der Waals surface area contributed by atoms with Crippen molar-refractivity contribution in [2.45, 2.75) is 58.6 Å². The second kappa shape index (κ2) is 6.88. The van der Waals surface area contributed by atoms with E-state index in [1.54, 1.807) is 0 Å². The quantitative estimate of drug-likeness (QED) is 0.853. The zero-order valence-electron chi connectivity index (χ0n) is 13.4. The fourth-order valence-corrected chi connectivity index (χ4v) is 3.72. The minimum Gasteiger partial charge on any atom is -0.374 e. The van der Waals surface area contributed by atoms with Crippen LogP contribution in [-0.4, -0.2) is 52.0 Å². The van der Waals surface area contributed by atoms with Crippen molar-refractivity contribution in [3.63, 3.8) is 0 Å². The lowest BCUT2D eigenvalue weighted by Gasteiger charge is -2.36. The predicted octanol–water partition coefficient (Wildman–Crippen LogP) is 2.18. The summed E-state index contributed by atoms with van der Waals surface area (Å²) < 4.78 is 7.93. The molecule has 1 aliphatic heterocycles. The Bertz CT molecular complexity index is 453. The minimum absolute atomic E-state index is 0.252. The van der Waals surface area contributed by atoms with Crippen molar-refractivity contribution in [2.24, 2.45) is 5.92 Å². The standard InChI is InChI=1S/C16H28N4O/c1-13-17-14(2)20(18-13)12-16-11-19(8-9-21-16)10-15-6-4-3-5-7-15/h15-16H,3-12H2,1-2H3/t16-/m0/s1. The third kappa shape index (κ3) is 4.04. The van der Waals surface area contributed by atoms with Crippen molar-refractivity contribution in [3.8, 4) is 0 Å². The van der Waals surface area contributed by atoms with Crippen LogP contribution >= 0.6 is 0 Å². The molecule has 0 aromatic carbocycles. The summed E-state index contributed by atoms with van der Waals surface area (Å²) in [7, 11) is 0. The highest BCUT2D eigenvalue weighted by Crippen LogP contribution is 2.25. The molecule has 1 saturated heterocycles. The first-order chi connectivity index (χ1) is 10.2. The van der Waals surface area contributed by atoms with Gasteiger partial charge in [-0.25, -0.2) is 9.67 Å². The molecule has 5 heteroatoms. The topological polar surface area (TPSA) is 43.2 Å². The van der Waals surface area contributed by atoms with Crippen molar-refractivity contribution in [1.29, 1.82) is 0 Å². The first-order valence-corrected chi connectivity index (χ1v) is 8.42. The number of aromatic nitrogens is 3. The lowest BCUT2D eigenvalue weighted by Crippen LogP contribution is -2.46. The van der Waals surface area contributed by atoms with Crippen molar-refractivity contribution in [1.82, 2.24) is 19.7 Å². The SMILES string of the molecule is Cc1nc(C)n(C[C@@H]2CN(CC3CCCCC3)CCO2)n1. The van der Waals surface area contributed by atoms with Crippen LogP contribution in [0.15, 0.2) is 0 Å². The lowest BCUT2D eigenvalue weighted by atomic mass is 9.89. The zero-order chi connectivity index (χ0) is 14.7. The second-order valence-corrected chi connectivity index (χ2v) is 6.64. The van der Waals surface area contributed by atoms with E-state index in [-0.39, 0.29) is 6.10 Å². The molecule has 1 atom stereocenters. The number of rotatable bonds is 4. The molecule has 1 aliphatic carbocycles. The molecule has 21 heavy (non-hydrogen) atoms. The van der Waals surface area contributed by atoms with Gasteiger partial charge in [0.15, 0.2) is 0 Å². The maximum Gasteiger partial charge on any atom is 0.147 e. The summed E-state index contributed by atoms with van der Waals surface area (Å²) in [6.45, 7) is 9.02. The summed E-state index contributed by atoms with van der Waals surface area (Å²) in [6.07, 6.45) is 7.38. The minimum atomic E-state index is 0.252. The highest BCUT2D eigenvalue weighted by atomic mass is 16.5. The van der Waals surface area contributed by atoms with Gasteiger partial charge in [-0.2, -0.15) is 5.10 Å². The molecular weight excluding hydrogens is 264 g/mol. The molecule has 3 rings (SSSR count). The van der Waals surface area contributed by atoms with Crippen molar-refractivity contribution < 1.29 is 4.74 Å². The lowest BCUT2D eigenvalue weighted by molar-refractivity contribution is -0.0432. The monoisotopic (exact) mass is 292 g/mol. The molecule has 0 N–H and O–H groups in total. The molecule has 0 unspecified atom stereocenters. The Morgan fingerprint density at radius 3 is 2.67 bits per heavy atom. The van der Waals surface area contributed by atoms with Gasteiger partial charge in [0.05, 0.1) is 19.3 Å². The summed E-state index contributed by atoms with van der Waals surface area (Å²) in [6, 6.07) is 0. The van der Waals surface area contributed by atoms with Crippen LogP contribution in [0.1, 0.15) is 43.8 Å². The molecule has 1 aromatic rings. The molecule has 2 heterocycles. The average Bonchev–Trinajstić information content (AvgIpc) is 2.78. The number of nitrogens with zero attached hydrogens (tertiary/aromatic N) is 4. The maximum absolute atomic E-state index is 5.94. The van der Waals surface area contributed by atoms with Gasteiger partial charge < -0.3 is 4.74 Å². The van der Waals surface area contributed by atoms with E-state index in [0.717, 1.165) is 43.8 Å². The summed E-state index contributed by atoms with van der Waals surface area (Å²) in [5, 5.41) is 4.45. The maximum atomic E-state index is 5.94. The van der Waals surface area contributed by atoms with Crippen molar-refractivity contribution in [3.05, 3.63) is 11.6 Å². The molecule has 0 radical (unpaired) electrons. The summed E-state index contributed by atoms with van der Waals surface area (Å²) in [5.41, 5.74) is 0. The fraction of sp³-hybridized carbons (Fsp3) is 0.875. The van der Waals surface area contributed by atoms with E-state index < -0.39 is 0 Å². The Balaban J connectivity index is 1.51. The van der Waals surface area contributed by atoms with Gasteiger partial charge in [0, 0.05) is 19.6 Å². The van der Waals surface area contributed by atoms with Gasteiger partial charge in [-0.05, 0) is 32.6 Å². The van der Waals surface area contributed by atoms with Crippen LogP contribution in [0, 0.1) is 19.8 Å². The molecule has 1 aromatic heterocycles. The summed E-state index contributed by atoms with van der Waals surface area (Å²) in [5.74, 6) is 2.75. The number of ether oxygens (including phenoxy) is 1. The Kier molecular flexibility index (Phi) is 4.91. The zero-order valence-corrected chi connectivity index (χ0v) is 13.4. The molecule has 2 aliphatic rings. The van der Waals surface area contributed by atoms with Crippen LogP contribution in [-0.2, 0) is 11.3 Å². The second-order valence-electron chi connectivity index (χ2n) is 6.64. The fourth-order valence-electron chi connectivity index (χ4n) is 3.72. The number of hydrogen-bond acceptors (Lipinski definition) is 4. The van der Waals surface area contributed by atoms with E-state index in [4.69, 9.17) is 4.74 Å². The highest BCUT2D eigenvalue weighted by molar-refractivity contribution is 4.88. The Morgan fingerprint density at radius 1 is 1.14 bits per heavy atom. The van der Waals surface area contributed by atoms with E-state index >= 15 is 0 Å². The van der Waals surface area contributed by atoms with Crippen LogP contribution in [0.4, 0.5) is 0 Å². The van der Waals surface area contributed by atoms with Gasteiger partial charge in [-0.3, -0.25) is 4.90 Å². The number of morpholine rings is 1. The molecule has 1 saturated carbocycles. The number of aryl methyl sites for hydroxylation is 2. The van der Waals surface area contributed by atoms with Crippen LogP contribution < -0.4 is 0 Å². The predicted molar refractivity (Wildman–Crippen MR) is 82.3 cm³/mol. The Labute approximate surface area is 127 Å². The van der Waals surface area contributed by atoms with Crippen molar-refractivity contribution in [2.75, 3.05) is 26.2 Å². The smallest absolute Gasteiger partial charge is 0.147 e. The first kappa shape index (κ1) is 15.0. The van der Waals surface area contributed by atoms with Gasteiger partial charge in [-0.1, -0.05) is 19.3 Å². The van der Waals surface area contributed by atoms with E-state index in [1.807, 2.05) is 18.5 Å². The largest absolute Gasteiger partial charge is 0.374 e. The van der Waals surface area contributed by atoms with Gasteiger partial charge >= 0.3 is 0 Å². The molecule has 118 valence electrons. The van der Waals surface area contributed by atoms with Gasteiger partial charge in [0.1, 0.15) is 11.6 Å². The Hall–Kier alpha value is -0.940. The van der Waals surface area contributed by atoms with Gasteiger partial charge in [0.25, 0.3) is 0 Å². The van der Waals surface area contributed by atoms with Crippen LogP contribution in [0.3, 0.4) is 0 Å². The molecule has 0 bridgehead atoms. The van der Waals surface area contributed by atoms with Crippen LogP contribution in [0.2, 0.25) is 0 Å². The van der Waals surface area contributed by atoms with E-state index in [0.29, 0.717) is 0 Å². The summed E-state index contributed by atoms with van der Waals surface area (Å²) in [4.78, 5) is 6.97. The van der Waals surface area contributed by atoms with Gasteiger partial charge in [-0.15, -0.1) is 0 Å². The third-order valence-electron chi connectivity index (χ3n) is 4.80. The molecule has 0 spiro atoms. The normalized spacial score (nSPS) is 25.3. The van der Waals surface area contributed by atoms with Gasteiger partial charge in [0.2, 0.25) is 0 Å². The molecule has 5 nitrogen and oxygen atoms in total. The molecule has 2 fully saturated rings. The Morgan fingerprint density at radius 2 is 1.95 bits per heavy atom. The molecule has 0 amide bonds. The van der Waals surface area contributed by atoms with E-state index in [9.17, 15) is 0 Å². The third-order valence-corrected chi connectivity index (χ3v) is 4.80. The summed E-state index contributed by atoms with van der Waals surface area (Å²) >= 11 is 0. The average molecular weight is 292 g/mol. The van der Waals surface area contributed by atoms with E-state index in [1.165, 1.54) is 38.6 Å². The highest BCUT2D eigenvalue weighted by Gasteiger charge is 2.24. The van der Waals surface area contributed by atoms with E-state index in [2.05, 4.69) is 15.0 Å². The number of hydrogen-bond donors (Lipinski definition) is 0. The van der Waals surface area contributed by atoms with Crippen LogP contribution in [0.25, 0.3) is 0 Å². The first-order valence-electron chi connectivity index (χ1n) is 8.42. The van der Waals surface area contributed by atoms with Crippen LogP contribution in [0.5, 0.6) is 0 Å².